The molecular weight excluding hydrogens is 216 g/mol. The molecule has 5 nitrogen and oxygen atoms in total. The molecule has 1 aliphatic heterocycles. The molecular formula is C9H16N2O3S. The van der Waals surface area contributed by atoms with Crippen LogP contribution in [0.2, 0.25) is 0 Å². The van der Waals surface area contributed by atoms with Gasteiger partial charge < -0.3 is 15.7 Å². The van der Waals surface area contributed by atoms with Crippen molar-refractivity contribution in [2.75, 3.05) is 12.4 Å². The number of rotatable bonds is 4. The summed E-state index contributed by atoms with van der Waals surface area (Å²) in [4.78, 5) is 22.6. The van der Waals surface area contributed by atoms with Crippen molar-refractivity contribution < 1.29 is 14.7 Å². The van der Waals surface area contributed by atoms with Crippen LogP contribution in [0.5, 0.6) is 0 Å². The number of carbonyl (C=O) groups is 2. The Bertz CT molecular complexity index is 266. The molecule has 3 N–H and O–H groups in total. The van der Waals surface area contributed by atoms with Crippen LogP contribution >= 0.6 is 11.8 Å². The minimum atomic E-state index is -0.602. The second kappa shape index (κ2) is 4.85. The summed E-state index contributed by atoms with van der Waals surface area (Å²) in [6.45, 7) is 3.55. The molecule has 0 spiro atoms. The van der Waals surface area contributed by atoms with Gasteiger partial charge in [0.15, 0.2) is 0 Å². The predicted molar refractivity (Wildman–Crippen MR) is 58.7 cm³/mol. The van der Waals surface area contributed by atoms with E-state index in [0.29, 0.717) is 12.2 Å². The minimum absolute atomic E-state index is 0.108. The van der Waals surface area contributed by atoms with Crippen LogP contribution in [-0.2, 0) is 4.79 Å². The molecule has 0 bridgehead atoms. The van der Waals surface area contributed by atoms with E-state index in [0.717, 1.165) is 11.8 Å². The van der Waals surface area contributed by atoms with Gasteiger partial charge in [0.1, 0.15) is 6.04 Å². The molecule has 1 fully saturated rings. The Kier molecular flexibility index (Phi) is 3.98. The van der Waals surface area contributed by atoms with Crippen molar-refractivity contribution in [3.8, 4) is 0 Å². The van der Waals surface area contributed by atoms with Crippen molar-refractivity contribution in [1.29, 1.82) is 0 Å². The van der Waals surface area contributed by atoms with E-state index in [2.05, 4.69) is 10.6 Å². The van der Waals surface area contributed by atoms with E-state index in [1.54, 1.807) is 6.92 Å². The van der Waals surface area contributed by atoms with Crippen molar-refractivity contribution >= 4 is 22.9 Å². The summed E-state index contributed by atoms with van der Waals surface area (Å²) in [5, 5.41) is 14.2. The van der Waals surface area contributed by atoms with Crippen LogP contribution in [0, 0.1) is 0 Å². The van der Waals surface area contributed by atoms with Crippen molar-refractivity contribution in [3.05, 3.63) is 0 Å². The van der Waals surface area contributed by atoms with Gasteiger partial charge in [0.05, 0.1) is 12.1 Å². The fourth-order valence-corrected chi connectivity index (χ4v) is 1.93. The molecule has 0 aromatic heterocycles. The van der Waals surface area contributed by atoms with E-state index in [1.807, 2.05) is 6.92 Å². The molecule has 0 saturated carbocycles. The molecule has 0 radical (unpaired) electrons. The average Bonchev–Trinajstić information content (AvgIpc) is 2.65. The highest BCUT2D eigenvalue weighted by molar-refractivity contribution is 8.14. The molecule has 15 heavy (non-hydrogen) atoms. The molecule has 0 aromatic rings. The smallest absolute Gasteiger partial charge is 0.279 e. The van der Waals surface area contributed by atoms with E-state index in [9.17, 15) is 9.59 Å². The van der Waals surface area contributed by atoms with Crippen molar-refractivity contribution in [3.63, 3.8) is 0 Å². The zero-order valence-corrected chi connectivity index (χ0v) is 9.69. The Balaban J connectivity index is 2.51. The number of hydrogen-bond donors (Lipinski definition) is 3. The van der Waals surface area contributed by atoms with E-state index in [-0.39, 0.29) is 17.8 Å². The summed E-state index contributed by atoms with van der Waals surface area (Å²) in [6, 6.07) is -0.472. The summed E-state index contributed by atoms with van der Waals surface area (Å²) >= 11 is 1.10. The lowest BCUT2D eigenvalue weighted by Gasteiger charge is -2.28. The Morgan fingerprint density at radius 1 is 1.80 bits per heavy atom. The van der Waals surface area contributed by atoms with Gasteiger partial charge in [-0.25, -0.2) is 0 Å². The number of amides is 2. The van der Waals surface area contributed by atoms with E-state index in [1.165, 1.54) is 0 Å². The van der Waals surface area contributed by atoms with Crippen LogP contribution in [0.25, 0.3) is 0 Å². The molecule has 0 aliphatic carbocycles. The highest BCUT2D eigenvalue weighted by Crippen LogP contribution is 2.15. The Labute approximate surface area is 93.0 Å². The Morgan fingerprint density at radius 3 is 2.87 bits per heavy atom. The molecule has 6 heteroatoms. The molecule has 0 aromatic carbocycles. The summed E-state index contributed by atoms with van der Waals surface area (Å²) < 4.78 is 0. The summed E-state index contributed by atoms with van der Waals surface area (Å²) in [5.74, 6) is 0.224. The first kappa shape index (κ1) is 12.3. The standard InChI is InChI=1S/C9H16N2O3S/c1-3-9(2,5-12)11-7(13)6-4-15-8(14)10-6/h6,12H,3-5H2,1-2H3,(H,10,14)(H,11,13). The van der Waals surface area contributed by atoms with Crippen LogP contribution < -0.4 is 10.6 Å². The fourth-order valence-electron chi connectivity index (χ4n) is 1.15. The highest BCUT2D eigenvalue weighted by Gasteiger charge is 2.32. The molecule has 2 unspecified atom stereocenters. The maximum Gasteiger partial charge on any atom is 0.279 e. The number of carbonyl (C=O) groups excluding carboxylic acids is 2. The lowest BCUT2D eigenvalue weighted by molar-refractivity contribution is -0.124. The van der Waals surface area contributed by atoms with Crippen LogP contribution in [-0.4, -0.2) is 40.2 Å². The second-order valence-electron chi connectivity index (χ2n) is 3.86. The average molecular weight is 232 g/mol. The molecule has 1 aliphatic rings. The van der Waals surface area contributed by atoms with E-state index >= 15 is 0 Å². The monoisotopic (exact) mass is 232 g/mol. The number of thioether (sulfide) groups is 1. The van der Waals surface area contributed by atoms with Gasteiger partial charge in [-0.05, 0) is 13.3 Å². The number of nitrogens with one attached hydrogen (secondary N) is 2. The third-order valence-electron chi connectivity index (χ3n) is 2.54. The van der Waals surface area contributed by atoms with Crippen molar-refractivity contribution in [1.82, 2.24) is 10.6 Å². The number of aliphatic hydroxyl groups is 1. The van der Waals surface area contributed by atoms with Gasteiger partial charge in [0, 0.05) is 5.75 Å². The first-order valence-electron chi connectivity index (χ1n) is 4.87. The van der Waals surface area contributed by atoms with Gasteiger partial charge >= 0.3 is 0 Å². The van der Waals surface area contributed by atoms with Gasteiger partial charge in [-0.3, -0.25) is 9.59 Å². The first-order valence-corrected chi connectivity index (χ1v) is 5.85. The van der Waals surface area contributed by atoms with E-state index < -0.39 is 11.6 Å². The maximum atomic E-state index is 11.7. The third kappa shape index (κ3) is 3.10. The molecule has 1 heterocycles. The normalized spacial score (nSPS) is 24.5. The largest absolute Gasteiger partial charge is 0.394 e. The zero-order valence-electron chi connectivity index (χ0n) is 8.87. The molecule has 1 rings (SSSR count). The predicted octanol–water partition coefficient (Wildman–Crippen LogP) is 0.0886. The van der Waals surface area contributed by atoms with Crippen LogP contribution in [0.3, 0.4) is 0 Å². The van der Waals surface area contributed by atoms with Gasteiger partial charge in [-0.2, -0.15) is 0 Å². The summed E-state index contributed by atoms with van der Waals surface area (Å²) in [5.41, 5.74) is -0.602. The first-order chi connectivity index (χ1) is 7.00. The van der Waals surface area contributed by atoms with Gasteiger partial charge in [-0.1, -0.05) is 18.7 Å². The minimum Gasteiger partial charge on any atom is -0.394 e. The Morgan fingerprint density at radius 2 is 2.47 bits per heavy atom. The summed E-state index contributed by atoms with van der Waals surface area (Å²) in [7, 11) is 0. The SMILES string of the molecule is CCC(C)(CO)NC(=O)C1CSC(=O)N1. The zero-order chi connectivity index (χ0) is 11.5. The number of hydrogen-bond acceptors (Lipinski definition) is 4. The lowest BCUT2D eigenvalue weighted by Crippen LogP contribution is -2.54. The highest BCUT2D eigenvalue weighted by atomic mass is 32.2. The van der Waals surface area contributed by atoms with Gasteiger partial charge in [-0.15, -0.1) is 0 Å². The van der Waals surface area contributed by atoms with Crippen LogP contribution in [0.1, 0.15) is 20.3 Å². The van der Waals surface area contributed by atoms with Crippen molar-refractivity contribution in [2.24, 2.45) is 0 Å². The van der Waals surface area contributed by atoms with Crippen molar-refractivity contribution in [2.45, 2.75) is 31.8 Å². The maximum absolute atomic E-state index is 11.7. The van der Waals surface area contributed by atoms with E-state index in [4.69, 9.17) is 5.11 Å². The second-order valence-corrected chi connectivity index (χ2v) is 4.85. The lowest BCUT2D eigenvalue weighted by atomic mass is 10.00. The third-order valence-corrected chi connectivity index (χ3v) is 3.42. The Hall–Kier alpha value is -0.750. The topological polar surface area (TPSA) is 78.4 Å². The molecule has 2 atom stereocenters. The molecule has 1 saturated heterocycles. The van der Waals surface area contributed by atoms with Crippen LogP contribution in [0.4, 0.5) is 4.79 Å². The van der Waals surface area contributed by atoms with Gasteiger partial charge in [0.25, 0.3) is 5.24 Å². The van der Waals surface area contributed by atoms with Crippen LogP contribution in [0.15, 0.2) is 0 Å². The molecule has 2 amide bonds. The van der Waals surface area contributed by atoms with Gasteiger partial charge in [0.2, 0.25) is 5.91 Å². The number of aliphatic hydroxyl groups excluding tert-OH is 1. The summed E-state index contributed by atoms with van der Waals surface area (Å²) in [6.07, 6.45) is 0.642. The fraction of sp³-hybridized carbons (Fsp3) is 0.778. The quantitative estimate of drug-likeness (QED) is 0.642. The molecule has 86 valence electrons.